The van der Waals surface area contributed by atoms with Crippen molar-refractivity contribution in [3.8, 4) is 0 Å². The fourth-order valence-electron chi connectivity index (χ4n) is 2.70. The number of aryl methyl sites for hydroxylation is 3. The van der Waals surface area contributed by atoms with Gasteiger partial charge >= 0.3 is 0 Å². The smallest absolute Gasteiger partial charge is 0.191 e. The van der Waals surface area contributed by atoms with Crippen LogP contribution in [0.4, 0.5) is 8.78 Å². The molecule has 1 heterocycles. The van der Waals surface area contributed by atoms with Crippen molar-refractivity contribution in [2.24, 2.45) is 4.99 Å². The van der Waals surface area contributed by atoms with Crippen LogP contribution in [-0.4, -0.2) is 35.4 Å². The third-order valence-corrected chi connectivity index (χ3v) is 3.94. The van der Waals surface area contributed by atoms with Crippen LogP contribution >= 0.6 is 24.0 Å². The number of halogens is 3. The van der Waals surface area contributed by atoms with E-state index >= 15 is 0 Å². The van der Waals surface area contributed by atoms with Crippen molar-refractivity contribution in [3.63, 3.8) is 0 Å². The minimum Gasteiger partial charge on any atom is -0.357 e. The van der Waals surface area contributed by atoms with Crippen LogP contribution in [-0.2, 0) is 13.0 Å². The highest BCUT2D eigenvalue weighted by atomic mass is 127. The lowest BCUT2D eigenvalue weighted by Gasteiger charge is -2.12. The van der Waals surface area contributed by atoms with Crippen LogP contribution < -0.4 is 10.6 Å². The molecule has 0 saturated heterocycles. The summed E-state index contributed by atoms with van der Waals surface area (Å²) < 4.78 is 28.8. The van der Waals surface area contributed by atoms with Crippen molar-refractivity contribution in [3.05, 3.63) is 52.9 Å². The van der Waals surface area contributed by atoms with Crippen molar-refractivity contribution in [1.82, 2.24) is 20.4 Å². The van der Waals surface area contributed by atoms with E-state index in [9.17, 15) is 8.78 Å². The van der Waals surface area contributed by atoms with Gasteiger partial charge in [0.15, 0.2) is 5.96 Å². The largest absolute Gasteiger partial charge is 0.357 e. The van der Waals surface area contributed by atoms with E-state index in [2.05, 4.69) is 26.8 Å². The Balaban J connectivity index is 0.00000364. The Morgan fingerprint density at radius 3 is 2.63 bits per heavy atom. The molecule has 0 atom stereocenters. The highest BCUT2D eigenvalue weighted by Gasteiger charge is 2.05. The molecule has 0 aliphatic heterocycles. The van der Waals surface area contributed by atoms with Crippen LogP contribution in [0.15, 0.2) is 29.3 Å². The fraction of sp³-hybridized carbons (Fsp3) is 0.474. The van der Waals surface area contributed by atoms with Crippen molar-refractivity contribution in [1.29, 1.82) is 0 Å². The molecule has 27 heavy (non-hydrogen) atoms. The van der Waals surface area contributed by atoms with Crippen LogP contribution in [0.3, 0.4) is 0 Å². The molecule has 1 aromatic heterocycles. The first-order valence-electron chi connectivity index (χ1n) is 8.96. The van der Waals surface area contributed by atoms with Gasteiger partial charge in [0.05, 0.1) is 5.69 Å². The number of hydrogen-bond acceptors (Lipinski definition) is 2. The zero-order valence-corrected chi connectivity index (χ0v) is 18.4. The lowest BCUT2D eigenvalue weighted by molar-refractivity contribution is 0.566. The topological polar surface area (TPSA) is 54.2 Å². The van der Waals surface area contributed by atoms with Crippen molar-refractivity contribution >= 4 is 29.9 Å². The molecule has 2 rings (SSSR count). The third-order valence-electron chi connectivity index (χ3n) is 3.94. The summed E-state index contributed by atoms with van der Waals surface area (Å²) in [7, 11) is 0. The minimum atomic E-state index is -0.425. The number of benzene rings is 1. The molecular formula is C19H28F2IN5. The number of nitrogens with zero attached hydrogens (tertiary/aromatic N) is 3. The normalized spacial score (nSPS) is 11.2. The summed E-state index contributed by atoms with van der Waals surface area (Å²) in [4.78, 5) is 4.52. The molecule has 8 heteroatoms. The number of guanidine groups is 1. The Hall–Kier alpha value is -1.71. The average Bonchev–Trinajstić information content (AvgIpc) is 2.92. The van der Waals surface area contributed by atoms with Crippen LogP contribution in [0.1, 0.15) is 30.3 Å². The maximum Gasteiger partial charge on any atom is 0.191 e. The maximum atomic E-state index is 13.6. The second kappa shape index (κ2) is 11.9. The van der Waals surface area contributed by atoms with Crippen LogP contribution in [0.2, 0.25) is 0 Å². The summed E-state index contributed by atoms with van der Waals surface area (Å²) in [6.07, 6.45) is 1.26. The van der Waals surface area contributed by atoms with E-state index in [1.807, 2.05) is 25.5 Å². The predicted molar refractivity (Wildman–Crippen MR) is 116 cm³/mol. The van der Waals surface area contributed by atoms with Gasteiger partial charge in [-0.3, -0.25) is 9.67 Å². The van der Waals surface area contributed by atoms with Gasteiger partial charge < -0.3 is 10.6 Å². The highest BCUT2D eigenvalue weighted by Crippen LogP contribution is 2.09. The Labute approximate surface area is 176 Å². The molecule has 0 unspecified atom stereocenters. The minimum absolute atomic E-state index is 0. The number of hydrogen-bond donors (Lipinski definition) is 2. The predicted octanol–water partition coefficient (Wildman–Crippen LogP) is 3.58. The van der Waals surface area contributed by atoms with Crippen molar-refractivity contribution in [2.45, 2.75) is 40.2 Å². The second-order valence-corrected chi connectivity index (χ2v) is 6.18. The molecule has 0 bridgehead atoms. The summed E-state index contributed by atoms with van der Waals surface area (Å²) in [5.74, 6) is -0.135. The summed E-state index contributed by atoms with van der Waals surface area (Å²) in [6, 6.07) is 5.57. The van der Waals surface area contributed by atoms with Gasteiger partial charge in [-0.2, -0.15) is 5.10 Å². The molecular weight excluding hydrogens is 463 g/mol. The number of nitrogens with one attached hydrogen (secondary N) is 2. The summed E-state index contributed by atoms with van der Waals surface area (Å²) in [5, 5.41) is 10.7. The Morgan fingerprint density at radius 1 is 1.19 bits per heavy atom. The fourth-order valence-corrected chi connectivity index (χ4v) is 2.70. The summed E-state index contributed by atoms with van der Waals surface area (Å²) in [5.41, 5.74) is 2.53. The zero-order chi connectivity index (χ0) is 18.9. The SMILES string of the molecule is CCNC(=NCCCn1nc(C)cc1C)NCCc1cc(F)ccc1F.I. The lowest BCUT2D eigenvalue weighted by atomic mass is 10.1. The molecule has 0 radical (unpaired) electrons. The summed E-state index contributed by atoms with van der Waals surface area (Å²) >= 11 is 0. The van der Waals surface area contributed by atoms with E-state index in [0.717, 1.165) is 43.0 Å². The van der Waals surface area contributed by atoms with Gasteiger partial charge in [-0.05, 0) is 63.4 Å². The first-order valence-corrected chi connectivity index (χ1v) is 8.96. The van der Waals surface area contributed by atoms with E-state index < -0.39 is 5.82 Å². The van der Waals surface area contributed by atoms with E-state index in [1.165, 1.54) is 6.07 Å². The molecule has 0 spiro atoms. The number of aromatic nitrogens is 2. The zero-order valence-electron chi connectivity index (χ0n) is 16.1. The molecule has 0 aliphatic rings. The maximum absolute atomic E-state index is 13.6. The van der Waals surface area contributed by atoms with Gasteiger partial charge in [0.2, 0.25) is 0 Å². The molecule has 2 aromatic rings. The van der Waals surface area contributed by atoms with Crippen LogP contribution in [0, 0.1) is 25.5 Å². The second-order valence-electron chi connectivity index (χ2n) is 6.18. The molecule has 1 aromatic carbocycles. The first kappa shape index (κ1) is 23.3. The first-order chi connectivity index (χ1) is 12.5. The van der Waals surface area contributed by atoms with Crippen LogP contribution in [0.5, 0.6) is 0 Å². The molecule has 0 aliphatic carbocycles. The van der Waals surface area contributed by atoms with E-state index in [0.29, 0.717) is 31.0 Å². The van der Waals surface area contributed by atoms with Gasteiger partial charge in [-0.25, -0.2) is 8.78 Å². The highest BCUT2D eigenvalue weighted by molar-refractivity contribution is 14.0. The number of aliphatic imine (C=N–C) groups is 1. The number of rotatable bonds is 8. The van der Waals surface area contributed by atoms with Gasteiger partial charge in [0, 0.05) is 31.9 Å². The molecule has 0 saturated carbocycles. The molecule has 0 fully saturated rings. The Morgan fingerprint density at radius 2 is 1.96 bits per heavy atom. The summed E-state index contributed by atoms with van der Waals surface area (Å²) in [6.45, 7) is 8.69. The van der Waals surface area contributed by atoms with E-state index in [1.54, 1.807) is 0 Å². The molecule has 150 valence electrons. The monoisotopic (exact) mass is 491 g/mol. The van der Waals surface area contributed by atoms with Gasteiger partial charge in [-0.1, -0.05) is 0 Å². The average molecular weight is 491 g/mol. The standard InChI is InChI=1S/C19H27F2N5.HI/c1-4-22-19(23-9-5-11-26-15(3)12-14(2)25-26)24-10-8-16-13-17(20)6-7-18(16)21;/h6-7,12-13H,4-5,8-11H2,1-3H3,(H2,22,23,24);1H. The van der Waals surface area contributed by atoms with E-state index in [-0.39, 0.29) is 29.8 Å². The van der Waals surface area contributed by atoms with Gasteiger partial charge in [0.1, 0.15) is 11.6 Å². The third kappa shape index (κ3) is 7.82. The molecule has 2 N–H and O–H groups in total. The quantitative estimate of drug-likeness (QED) is 0.257. The van der Waals surface area contributed by atoms with Gasteiger partial charge in [-0.15, -0.1) is 24.0 Å². The van der Waals surface area contributed by atoms with Gasteiger partial charge in [0.25, 0.3) is 0 Å². The lowest BCUT2D eigenvalue weighted by Crippen LogP contribution is -2.38. The van der Waals surface area contributed by atoms with Crippen LogP contribution in [0.25, 0.3) is 0 Å². The van der Waals surface area contributed by atoms with Crippen molar-refractivity contribution < 1.29 is 8.78 Å². The van der Waals surface area contributed by atoms with E-state index in [4.69, 9.17) is 0 Å². The van der Waals surface area contributed by atoms with Crippen molar-refractivity contribution in [2.75, 3.05) is 19.6 Å². The Bertz CT molecular complexity index is 746. The Kier molecular flexibility index (Phi) is 10.3. The molecule has 5 nitrogen and oxygen atoms in total. The molecule has 0 amide bonds.